The molecular formula is C31H36Br2N2O4. The molecule has 0 aromatic heterocycles. The lowest BCUT2D eigenvalue weighted by Gasteiger charge is -2.22. The van der Waals surface area contributed by atoms with Crippen LogP contribution in [0, 0.1) is 0 Å². The van der Waals surface area contributed by atoms with Crippen LogP contribution in [0.2, 0.25) is 0 Å². The topological polar surface area (TPSA) is 76.7 Å². The predicted octanol–water partition coefficient (Wildman–Crippen LogP) is 8.21. The highest BCUT2D eigenvalue weighted by molar-refractivity contribution is 9.10. The van der Waals surface area contributed by atoms with Crippen LogP contribution in [0.5, 0.6) is 11.5 Å². The summed E-state index contributed by atoms with van der Waals surface area (Å²) in [6.07, 6.45) is 7.65. The minimum atomic E-state index is -0.802. The van der Waals surface area contributed by atoms with Crippen molar-refractivity contribution >= 4 is 43.7 Å². The number of hydrogen-bond acceptors (Lipinski definition) is 4. The summed E-state index contributed by atoms with van der Waals surface area (Å²) in [4.78, 5) is 26.1. The highest BCUT2D eigenvalue weighted by Gasteiger charge is 2.21. The van der Waals surface area contributed by atoms with Crippen LogP contribution in [-0.2, 0) is 0 Å². The van der Waals surface area contributed by atoms with Gasteiger partial charge in [0.2, 0.25) is 0 Å². The van der Waals surface area contributed by atoms with E-state index in [1.807, 2.05) is 12.1 Å². The van der Waals surface area contributed by atoms with Crippen LogP contribution < -0.4 is 20.1 Å². The fourth-order valence-electron chi connectivity index (χ4n) is 4.06. The first-order valence-electron chi connectivity index (χ1n) is 13.3. The second-order valence-electron chi connectivity index (χ2n) is 9.27. The molecule has 6 nitrogen and oxygen atoms in total. The average Bonchev–Trinajstić information content (AvgIpc) is 2.94. The highest BCUT2D eigenvalue weighted by Crippen LogP contribution is 2.30. The number of nitrogens with one attached hydrogen (secondary N) is 2. The Balaban J connectivity index is 1.72. The number of hydrogen-bond donors (Lipinski definition) is 2. The van der Waals surface area contributed by atoms with Gasteiger partial charge in [0.05, 0.1) is 13.7 Å². The lowest BCUT2D eigenvalue weighted by Crippen LogP contribution is -2.41. The van der Waals surface area contributed by atoms with E-state index in [0.29, 0.717) is 34.8 Å². The fraction of sp³-hybridized carbons (Fsp3) is 0.355. The molecule has 0 aliphatic heterocycles. The monoisotopic (exact) mass is 658 g/mol. The second-order valence-corrected chi connectivity index (χ2v) is 11.1. The van der Waals surface area contributed by atoms with Gasteiger partial charge in [0.25, 0.3) is 11.8 Å². The Morgan fingerprint density at radius 1 is 0.718 bits per heavy atom. The smallest absolute Gasteiger partial charge is 0.253 e. The van der Waals surface area contributed by atoms with Gasteiger partial charge in [-0.15, -0.1) is 0 Å². The Labute approximate surface area is 248 Å². The van der Waals surface area contributed by atoms with Crippen LogP contribution in [0.4, 0.5) is 0 Å². The van der Waals surface area contributed by atoms with E-state index in [2.05, 4.69) is 49.4 Å². The van der Waals surface area contributed by atoms with E-state index in [0.717, 1.165) is 21.8 Å². The van der Waals surface area contributed by atoms with Gasteiger partial charge < -0.3 is 20.1 Å². The van der Waals surface area contributed by atoms with E-state index in [9.17, 15) is 9.59 Å². The first kappa shape index (κ1) is 30.7. The SMILES string of the molecule is CCCCCCCCCOc1ccc(C(NC(=O)c2ccc(Br)cc2)NC(=O)c2ccc(Br)cc2)cc1OC. The van der Waals surface area contributed by atoms with Gasteiger partial charge in [-0.05, 0) is 72.6 Å². The molecule has 2 N–H and O–H groups in total. The molecule has 0 bridgehead atoms. The molecular weight excluding hydrogens is 624 g/mol. The molecule has 8 heteroatoms. The highest BCUT2D eigenvalue weighted by atomic mass is 79.9. The Morgan fingerprint density at radius 2 is 1.23 bits per heavy atom. The van der Waals surface area contributed by atoms with Crippen molar-refractivity contribution < 1.29 is 19.1 Å². The Hall–Kier alpha value is -2.84. The summed E-state index contributed by atoms with van der Waals surface area (Å²) in [5, 5.41) is 5.88. The number of methoxy groups -OCH3 is 1. The number of carbonyl (C=O) groups excluding carboxylic acids is 2. The minimum Gasteiger partial charge on any atom is -0.493 e. The molecule has 2 amide bonds. The molecule has 0 unspecified atom stereocenters. The third-order valence-electron chi connectivity index (χ3n) is 6.29. The molecule has 0 spiro atoms. The number of carbonyl (C=O) groups is 2. The average molecular weight is 660 g/mol. The van der Waals surface area contributed by atoms with E-state index >= 15 is 0 Å². The van der Waals surface area contributed by atoms with Gasteiger partial charge in [0.1, 0.15) is 6.17 Å². The van der Waals surface area contributed by atoms with Crippen molar-refractivity contribution in [3.8, 4) is 11.5 Å². The predicted molar refractivity (Wildman–Crippen MR) is 162 cm³/mol. The van der Waals surface area contributed by atoms with Gasteiger partial charge in [-0.3, -0.25) is 9.59 Å². The lowest BCUT2D eigenvalue weighted by molar-refractivity contribution is 0.0883. The summed E-state index contributed by atoms with van der Waals surface area (Å²) in [6.45, 7) is 2.83. The summed E-state index contributed by atoms with van der Waals surface area (Å²) >= 11 is 6.78. The van der Waals surface area contributed by atoms with Crippen LogP contribution in [0.1, 0.15) is 84.3 Å². The van der Waals surface area contributed by atoms with Crippen LogP contribution in [0.3, 0.4) is 0 Å². The summed E-state index contributed by atoms with van der Waals surface area (Å²) in [6, 6.07) is 19.5. The molecule has 0 atom stereocenters. The molecule has 0 aliphatic rings. The third-order valence-corrected chi connectivity index (χ3v) is 7.35. The van der Waals surface area contributed by atoms with Crippen molar-refractivity contribution in [2.75, 3.05) is 13.7 Å². The molecule has 3 aromatic carbocycles. The van der Waals surface area contributed by atoms with Crippen LogP contribution >= 0.6 is 31.9 Å². The summed E-state index contributed by atoms with van der Waals surface area (Å²) in [5.74, 6) is 0.532. The number of rotatable bonds is 15. The fourth-order valence-corrected chi connectivity index (χ4v) is 4.59. The molecule has 0 saturated heterocycles. The lowest BCUT2D eigenvalue weighted by atomic mass is 10.1. The molecule has 0 fully saturated rings. The number of benzene rings is 3. The molecule has 0 heterocycles. The minimum absolute atomic E-state index is 0.318. The first-order valence-corrected chi connectivity index (χ1v) is 14.9. The van der Waals surface area contributed by atoms with Gasteiger partial charge in [-0.25, -0.2) is 0 Å². The number of ether oxygens (including phenoxy) is 2. The normalized spacial score (nSPS) is 10.8. The Kier molecular flexibility index (Phi) is 12.8. The van der Waals surface area contributed by atoms with E-state index in [1.165, 1.54) is 32.1 Å². The van der Waals surface area contributed by atoms with E-state index < -0.39 is 6.17 Å². The molecule has 0 aliphatic carbocycles. The maximum atomic E-state index is 13.1. The summed E-state index contributed by atoms with van der Waals surface area (Å²) in [7, 11) is 1.58. The van der Waals surface area contributed by atoms with Crippen LogP contribution in [0.25, 0.3) is 0 Å². The maximum absolute atomic E-state index is 13.1. The van der Waals surface area contributed by atoms with E-state index in [4.69, 9.17) is 9.47 Å². The van der Waals surface area contributed by atoms with Gasteiger partial charge in [0.15, 0.2) is 11.5 Å². The van der Waals surface area contributed by atoms with Crippen LogP contribution in [-0.4, -0.2) is 25.5 Å². The molecule has 3 aromatic rings. The number of unbranched alkanes of at least 4 members (excludes halogenated alkanes) is 6. The van der Waals surface area contributed by atoms with Gasteiger partial charge >= 0.3 is 0 Å². The maximum Gasteiger partial charge on any atom is 0.253 e. The zero-order chi connectivity index (χ0) is 28.0. The van der Waals surface area contributed by atoms with Gasteiger partial charge in [-0.2, -0.15) is 0 Å². The zero-order valence-electron chi connectivity index (χ0n) is 22.5. The van der Waals surface area contributed by atoms with Crippen molar-refractivity contribution in [2.45, 2.75) is 58.0 Å². The molecule has 3 rings (SSSR count). The van der Waals surface area contributed by atoms with Crippen molar-refractivity contribution in [3.63, 3.8) is 0 Å². The number of halogens is 2. The third kappa shape index (κ3) is 10.0. The molecule has 0 radical (unpaired) electrons. The largest absolute Gasteiger partial charge is 0.493 e. The van der Waals surface area contributed by atoms with Crippen molar-refractivity contribution in [2.24, 2.45) is 0 Å². The zero-order valence-corrected chi connectivity index (χ0v) is 25.6. The Bertz CT molecular complexity index is 1140. The molecule has 208 valence electrons. The summed E-state index contributed by atoms with van der Waals surface area (Å²) < 4.78 is 13.4. The summed E-state index contributed by atoms with van der Waals surface area (Å²) in [5.41, 5.74) is 1.61. The van der Waals surface area contributed by atoms with Crippen molar-refractivity contribution in [3.05, 3.63) is 92.4 Å². The van der Waals surface area contributed by atoms with E-state index in [-0.39, 0.29) is 11.8 Å². The van der Waals surface area contributed by atoms with Gasteiger partial charge in [-0.1, -0.05) is 83.4 Å². The quantitative estimate of drug-likeness (QED) is 0.127. The van der Waals surface area contributed by atoms with E-state index in [1.54, 1.807) is 61.7 Å². The molecule has 0 saturated carbocycles. The Morgan fingerprint density at radius 3 is 1.74 bits per heavy atom. The van der Waals surface area contributed by atoms with Gasteiger partial charge in [0, 0.05) is 20.1 Å². The first-order chi connectivity index (χ1) is 18.9. The molecule has 39 heavy (non-hydrogen) atoms. The van der Waals surface area contributed by atoms with Crippen molar-refractivity contribution in [1.29, 1.82) is 0 Å². The second kappa shape index (κ2) is 16.3. The number of amides is 2. The van der Waals surface area contributed by atoms with Crippen molar-refractivity contribution in [1.82, 2.24) is 10.6 Å². The van der Waals surface area contributed by atoms with Crippen LogP contribution in [0.15, 0.2) is 75.7 Å². The standard InChI is InChI=1S/C31H36Br2N2O4/c1-3-4-5-6-7-8-9-20-39-27-19-14-24(21-28(27)38-2)29(34-30(36)22-10-15-25(32)16-11-22)35-31(37)23-12-17-26(33)18-13-23/h10-19,21,29H,3-9,20H2,1-2H3,(H,34,36)(H,35,37).